The minimum atomic E-state index is -0.613. The molecule has 0 radical (unpaired) electrons. The van der Waals surface area contributed by atoms with Crippen LogP contribution in [0.4, 0.5) is 4.79 Å². The lowest BCUT2D eigenvalue weighted by Gasteiger charge is -2.36. The number of piperidine rings is 1. The third-order valence-electron chi connectivity index (χ3n) is 7.37. The number of amides is 2. The van der Waals surface area contributed by atoms with Crippen LogP contribution in [0.3, 0.4) is 0 Å². The van der Waals surface area contributed by atoms with Gasteiger partial charge >= 0.3 is 13.2 Å². The average molecular weight is 549 g/mol. The van der Waals surface area contributed by atoms with E-state index in [9.17, 15) is 9.59 Å². The van der Waals surface area contributed by atoms with Crippen molar-refractivity contribution in [1.82, 2.24) is 20.2 Å². The summed E-state index contributed by atoms with van der Waals surface area (Å²) >= 11 is 1.62. The smallest absolute Gasteiger partial charge is 0.444 e. The molecule has 212 valence electrons. The van der Waals surface area contributed by atoms with Gasteiger partial charge in [-0.05, 0) is 79.6 Å². The van der Waals surface area contributed by atoms with Crippen molar-refractivity contribution in [3.8, 4) is 0 Å². The van der Waals surface area contributed by atoms with Crippen molar-refractivity contribution in [1.29, 1.82) is 0 Å². The van der Waals surface area contributed by atoms with Crippen LogP contribution in [0.25, 0.3) is 0 Å². The fourth-order valence-corrected chi connectivity index (χ4v) is 5.35. The van der Waals surface area contributed by atoms with Gasteiger partial charge in [0.2, 0.25) is 5.91 Å². The van der Waals surface area contributed by atoms with Crippen LogP contribution in [-0.2, 0) is 18.8 Å². The van der Waals surface area contributed by atoms with Crippen molar-refractivity contribution >= 4 is 36.3 Å². The van der Waals surface area contributed by atoms with E-state index in [0.29, 0.717) is 19.0 Å². The highest BCUT2D eigenvalue weighted by Gasteiger charge is 2.52. The van der Waals surface area contributed by atoms with Crippen molar-refractivity contribution in [3.63, 3.8) is 0 Å². The molecule has 1 N–H and O–H groups in total. The van der Waals surface area contributed by atoms with E-state index in [-0.39, 0.29) is 11.8 Å². The molecule has 2 fully saturated rings. The first-order valence-electron chi connectivity index (χ1n) is 13.7. The van der Waals surface area contributed by atoms with Gasteiger partial charge < -0.3 is 24.3 Å². The number of likely N-dealkylation sites (tertiary alicyclic amines) is 1. The molecule has 0 aromatic carbocycles. The SMILES string of the molecule is CC(C)[C@@H](NC(=O)OC(C)(C)C)C(=O)N1CCC[C@H](CCSc2ncc(B3OC(C)(C)C(C)(C)O3)cn2)C1. The molecule has 2 aliphatic heterocycles. The number of ether oxygens (including phenoxy) is 1. The Morgan fingerprint density at radius 1 is 1.18 bits per heavy atom. The third-order valence-corrected chi connectivity index (χ3v) is 8.28. The zero-order valence-corrected chi connectivity index (χ0v) is 25.3. The molecular formula is C27H45BN4O5S. The number of nitrogens with zero attached hydrogens (tertiary/aromatic N) is 3. The maximum absolute atomic E-state index is 13.3. The van der Waals surface area contributed by atoms with Gasteiger partial charge in [0.05, 0.1) is 11.2 Å². The number of alkyl carbamates (subject to hydrolysis) is 1. The lowest BCUT2D eigenvalue weighted by atomic mass is 9.81. The van der Waals surface area contributed by atoms with Gasteiger partial charge in [0, 0.05) is 36.7 Å². The van der Waals surface area contributed by atoms with E-state index in [0.717, 1.165) is 35.6 Å². The Bertz CT molecular complexity index is 951. The molecule has 3 rings (SSSR count). The monoisotopic (exact) mass is 548 g/mol. The Labute approximate surface area is 232 Å². The molecule has 0 spiro atoms. The van der Waals surface area contributed by atoms with E-state index < -0.39 is 36.1 Å². The molecule has 2 saturated heterocycles. The van der Waals surface area contributed by atoms with Gasteiger partial charge in [-0.2, -0.15) is 0 Å². The summed E-state index contributed by atoms with van der Waals surface area (Å²) in [5.41, 5.74) is -0.602. The van der Waals surface area contributed by atoms with E-state index >= 15 is 0 Å². The van der Waals surface area contributed by atoms with Crippen molar-refractivity contribution in [2.75, 3.05) is 18.8 Å². The van der Waals surface area contributed by atoms with Gasteiger partial charge in [-0.1, -0.05) is 25.6 Å². The first-order valence-corrected chi connectivity index (χ1v) is 14.7. The predicted octanol–water partition coefficient (Wildman–Crippen LogP) is 4.05. The fraction of sp³-hybridized carbons (Fsp3) is 0.778. The van der Waals surface area contributed by atoms with Gasteiger partial charge in [-0.25, -0.2) is 14.8 Å². The molecule has 9 nitrogen and oxygen atoms in total. The number of rotatable bonds is 8. The lowest BCUT2D eigenvalue weighted by Crippen LogP contribution is -2.54. The van der Waals surface area contributed by atoms with Crippen LogP contribution in [0, 0.1) is 11.8 Å². The molecule has 1 aromatic rings. The first-order chi connectivity index (χ1) is 17.6. The highest BCUT2D eigenvalue weighted by atomic mass is 32.2. The Morgan fingerprint density at radius 2 is 1.79 bits per heavy atom. The van der Waals surface area contributed by atoms with Gasteiger partial charge in [0.1, 0.15) is 11.6 Å². The second-order valence-corrected chi connectivity index (χ2v) is 13.7. The highest BCUT2D eigenvalue weighted by Crippen LogP contribution is 2.36. The minimum Gasteiger partial charge on any atom is -0.444 e. The van der Waals surface area contributed by atoms with Crippen LogP contribution in [0.2, 0.25) is 0 Å². The predicted molar refractivity (Wildman–Crippen MR) is 150 cm³/mol. The summed E-state index contributed by atoms with van der Waals surface area (Å²) in [4.78, 5) is 36.6. The number of aromatic nitrogens is 2. The number of carbonyl (C=O) groups excluding carboxylic acids is 2. The molecular weight excluding hydrogens is 503 g/mol. The maximum atomic E-state index is 13.3. The first kappa shape index (κ1) is 30.7. The fourth-order valence-electron chi connectivity index (χ4n) is 4.46. The maximum Gasteiger partial charge on any atom is 0.498 e. The average Bonchev–Trinajstić information content (AvgIpc) is 3.03. The second kappa shape index (κ2) is 12.1. The van der Waals surface area contributed by atoms with Crippen LogP contribution in [0.5, 0.6) is 0 Å². The summed E-state index contributed by atoms with van der Waals surface area (Å²) in [5.74, 6) is 1.19. The Morgan fingerprint density at radius 3 is 2.34 bits per heavy atom. The summed E-state index contributed by atoms with van der Waals surface area (Å²) in [6.07, 6.45) is 6.00. The summed E-state index contributed by atoms with van der Waals surface area (Å²) in [6.45, 7) is 18.8. The van der Waals surface area contributed by atoms with Crippen LogP contribution in [-0.4, -0.2) is 75.7 Å². The molecule has 2 amide bonds. The lowest BCUT2D eigenvalue weighted by molar-refractivity contribution is -0.136. The molecule has 3 heterocycles. The molecule has 38 heavy (non-hydrogen) atoms. The molecule has 0 bridgehead atoms. The second-order valence-electron chi connectivity index (χ2n) is 12.7. The molecule has 11 heteroatoms. The van der Waals surface area contributed by atoms with E-state index in [1.807, 2.05) is 67.2 Å². The highest BCUT2D eigenvalue weighted by molar-refractivity contribution is 7.99. The molecule has 1 aromatic heterocycles. The summed E-state index contributed by atoms with van der Waals surface area (Å²) in [5, 5.41) is 3.51. The van der Waals surface area contributed by atoms with Crippen molar-refractivity contribution in [3.05, 3.63) is 12.4 Å². The Balaban J connectivity index is 1.48. The van der Waals surface area contributed by atoms with Gasteiger partial charge in [-0.3, -0.25) is 4.79 Å². The Kier molecular flexibility index (Phi) is 9.79. The van der Waals surface area contributed by atoms with Crippen LogP contribution in [0.1, 0.15) is 81.6 Å². The third kappa shape index (κ3) is 8.08. The van der Waals surface area contributed by atoms with Gasteiger partial charge in [-0.15, -0.1) is 0 Å². The minimum absolute atomic E-state index is 0.0372. The number of hydrogen-bond donors (Lipinski definition) is 1. The quantitative estimate of drug-likeness (QED) is 0.295. The molecule has 0 aliphatic carbocycles. The summed E-state index contributed by atoms with van der Waals surface area (Å²) in [6, 6.07) is -0.603. The van der Waals surface area contributed by atoms with Crippen LogP contribution in [0.15, 0.2) is 17.6 Å². The van der Waals surface area contributed by atoms with E-state index in [1.54, 1.807) is 24.2 Å². The Hall–Kier alpha value is -1.85. The molecule has 2 aliphatic rings. The van der Waals surface area contributed by atoms with E-state index in [1.165, 1.54) is 0 Å². The van der Waals surface area contributed by atoms with Crippen molar-refractivity contribution < 1.29 is 23.6 Å². The van der Waals surface area contributed by atoms with Gasteiger partial charge in [0.15, 0.2) is 5.16 Å². The number of carbonyl (C=O) groups is 2. The zero-order chi connectivity index (χ0) is 28.3. The largest absolute Gasteiger partial charge is 0.498 e. The normalized spacial score (nSPS) is 21.9. The van der Waals surface area contributed by atoms with E-state index in [4.69, 9.17) is 14.0 Å². The van der Waals surface area contributed by atoms with Crippen LogP contribution >= 0.6 is 11.8 Å². The summed E-state index contributed by atoms with van der Waals surface area (Å²) in [7, 11) is -0.468. The molecule has 0 unspecified atom stereocenters. The standard InChI is InChI=1S/C27H45BN4O5S/c1-18(2)21(31-24(34)35-25(3,4)5)22(33)32-13-10-11-19(17-32)12-14-38-23-29-15-20(16-30-23)28-36-26(6,7)27(8,9)37-28/h15-16,18-19,21H,10-14,17H2,1-9H3,(H,31,34)/t19-,21-/m1/s1. The zero-order valence-electron chi connectivity index (χ0n) is 24.5. The van der Waals surface area contributed by atoms with Crippen molar-refractivity contribution in [2.24, 2.45) is 11.8 Å². The number of nitrogens with one attached hydrogen (secondary N) is 1. The molecule has 2 atom stereocenters. The summed E-state index contributed by atoms with van der Waals surface area (Å²) < 4.78 is 17.5. The van der Waals surface area contributed by atoms with E-state index in [2.05, 4.69) is 15.3 Å². The van der Waals surface area contributed by atoms with Crippen LogP contribution < -0.4 is 10.8 Å². The molecule has 0 saturated carbocycles. The van der Waals surface area contributed by atoms with Gasteiger partial charge in [0.25, 0.3) is 0 Å². The number of thioether (sulfide) groups is 1. The topological polar surface area (TPSA) is 103 Å². The van der Waals surface area contributed by atoms with Crippen molar-refractivity contribution in [2.45, 2.75) is 110 Å². The number of hydrogen-bond acceptors (Lipinski definition) is 8.